The molecule has 0 saturated carbocycles. The number of nitrogens with one attached hydrogen (secondary N) is 1. The van der Waals surface area contributed by atoms with Gasteiger partial charge < -0.3 is 5.32 Å². The Morgan fingerprint density at radius 3 is 2.68 bits per heavy atom. The highest BCUT2D eigenvalue weighted by Gasteiger charge is 2.12. The first-order chi connectivity index (χ1) is 10.5. The maximum Gasteiger partial charge on any atom is 0.232 e. The summed E-state index contributed by atoms with van der Waals surface area (Å²) in [6.07, 6.45) is 0. The van der Waals surface area contributed by atoms with E-state index in [2.05, 4.69) is 24.1 Å². The molecule has 0 saturated heterocycles. The minimum atomic E-state index is -1.23. The summed E-state index contributed by atoms with van der Waals surface area (Å²) in [7, 11) is -1.23. The lowest BCUT2D eigenvalue weighted by molar-refractivity contribution is -0.118. The van der Waals surface area contributed by atoms with Crippen LogP contribution in [0.1, 0.15) is 36.0 Å². The van der Waals surface area contributed by atoms with E-state index in [1.807, 2.05) is 35.7 Å². The number of carbonyl (C=O) groups excluding carboxylic acids is 1. The van der Waals surface area contributed by atoms with Gasteiger partial charge in [0.05, 0.1) is 16.5 Å². The second-order valence-corrected chi connectivity index (χ2v) is 7.67. The molecule has 22 heavy (non-hydrogen) atoms. The van der Waals surface area contributed by atoms with Crippen molar-refractivity contribution >= 4 is 28.0 Å². The number of benzene rings is 1. The minimum Gasteiger partial charge on any atom is -0.351 e. The second-order valence-electron chi connectivity index (χ2n) is 5.32. The highest BCUT2D eigenvalue weighted by atomic mass is 32.2. The fourth-order valence-electron chi connectivity index (χ4n) is 1.86. The molecule has 0 spiro atoms. The molecule has 0 aliphatic rings. The van der Waals surface area contributed by atoms with Crippen LogP contribution in [-0.4, -0.2) is 20.9 Å². The number of amides is 1. The Morgan fingerprint density at radius 2 is 2.05 bits per heavy atom. The van der Waals surface area contributed by atoms with Crippen LogP contribution >= 0.6 is 11.3 Å². The number of rotatable bonds is 7. The average Bonchev–Trinajstić information content (AvgIpc) is 2.95. The molecule has 1 unspecified atom stereocenters. The van der Waals surface area contributed by atoms with Crippen LogP contribution in [0.25, 0.3) is 0 Å². The fraction of sp³-hybridized carbons (Fsp3) is 0.375. The number of hydrogen-bond donors (Lipinski definition) is 1. The van der Waals surface area contributed by atoms with Gasteiger partial charge in [-0.3, -0.25) is 9.00 Å². The Labute approximate surface area is 137 Å². The van der Waals surface area contributed by atoms with E-state index in [0.717, 1.165) is 16.3 Å². The Balaban J connectivity index is 1.77. The third kappa shape index (κ3) is 5.35. The molecule has 1 N–H and O–H groups in total. The van der Waals surface area contributed by atoms with Gasteiger partial charge in [0, 0.05) is 28.6 Å². The molecule has 0 radical (unpaired) electrons. The topological polar surface area (TPSA) is 59.1 Å². The van der Waals surface area contributed by atoms with Gasteiger partial charge in [-0.15, -0.1) is 11.3 Å². The number of nitrogens with zero attached hydrogens (tertiary/aromatic N) is 1. The van der Waals surface area contributed by atoms with Gasteiger partial charge in [-0.1, -0.05) is 44.2 Å². The van der Waals surface area contributed by atoms with Crippen molar-refractivity contribution in [2.75, 3.05) is 5.75 Å². The summed E-state index contributed by atoms with van der Waals surface area (Å²) >= 11 is 1.58. The van der Waals surface area contributed by atoms with Crippen molar-refractivity contribution in [2.45, 2.75) is 32.1 Å². The molecule has 1 amide bonds. The number of thiazole rings is 1. The smallest absolute Gasteiger partial charge is 0.232 e. The van der Waals surface area contributed by atoms with E-state index in [9.17, 15) is 9.00 Å². The highest BCUT2D eigenvalue weighted by molar-refractivity contribution is 7.84. The van der Waals surface area contributed by atoms with E-state index < -0.39 is 10.8 Å². The first-order valence-corrected chi connectivity index (χ1v) is 9.51. The SMILES string of the molecule is CC(C)c1nc(CS(=O)CC(=O)NCc2ccccc2)cs1. The molecule has 1 aromatic carbocycles. The first kappa shape index (κ1) is 16.8. The molecule has 118 valence electrons. The van der Waals surface area contributed by atoms with E-state index in [1.54, 1.807) is 11.3 Å². The zero-order valence-electron chi connectivity index (χ0n) is 12.7. The molecule has 2 aromatic rings. The Bertz CT molecular complexity index is 639. The molecular weight excluding hydrogens is 316 g/mol. The molecule has 0 bridgehead atoms. The van der Waals surface area contributed by atoms with Gasteiger partial charge in [0.1, 0.15) is 5.75 Å². The predicted octanol–water partition coefficient (Wildman–Crippen LogP) is 2.83. The first-order valence-electron chi connectivity index (χ1n) is 7.14. The van der Waals surface area contributed by atoms with Gasteiger partial charge in [-0.2, -0.15) is 0 Å². The standard InChI is InChI=1S/C16H20N2O2S2/c1-12(2)16-18-14(9-21-16)10-22(20)11-15(19)17-8-13-6-4-3-5-7-13/h3-7,9,12H,8,10-11H2,1-2H3,(H,17,19). The van der Waals surface area contributed by atoms with E-state index in [-0.39, 0.29) is 11.7 Å². The summed E-state index contributed by atoms with van der Waals surface area (Å²) in [6.45, 7) is 4.62. The number of hydrogen-bond acceptors (Lipinski definition) is 4. The van der Waals surface area contributed by atoms with E-state index in [0.29, 0.717) is 18.2 Å². The zero-order chi connectivity index (χ0) is 15.9. The van der Waals surface area contributed by atoms with Crippen LogP contribution in [0, 0.1) is 0 Å². The molecule has 1 aromatic heterocycles. The maximum absolute atomic E-state index is 12.0. The average molecular weight is 336 g/mol. The largest absolute Gasteiger partial charge is 0.351 e. The summed E-state index contributed by atoms with van der Waals surface area (Å²) in [5.74, 6) is 0.534. The maximum atomic E-state index is 12.0. The monoisotopic (exact) mass is 336 g/mol. The third-order valence-corrected chi connectivity index (χ3v) is 5.39. The molecule has 1 atom stereocenters. The van der Waals surface area contributed by atoms with Crippen molar-refractivity contribution < 1.29 is 9.00 Å². The summed E-state index contributed by atoms with van der Waals surface area (Å²) in [4.78, 5) is 16.3. The van der Waals surface area contributed by atoms with Crippen molar-refractivity contribution in [3.05, 3.63) is 52.0 Å². The van der Waals surface area contributed by atoms with Gasteiger partial charge in [-0.25, -0.2) is 4.98 Å². The van der Waals surface area contributed by atoms with Crippen molar-refractivity contribution in [3.8, 4) is 0 Å². The van der Waals surface area contributed by atoms with Crippen LogP contribution in [0.15, 0.2) is 35.7 Å². The molecule has 1 heterocycles. The van der Waals surface area contributed by atoms with Crippen LogP contribution in [0.4, 0.5) is 0 Å². The van der Waals surface area contributed by atoms with E-state index in [4.69, 9.17) is 0 Å². The summed E-state index contributed by atoms with van der Waals surface area (Å²) in [5, 5.41) is 5.76. The fourth-order valence-corrected chi connectivity index (χ4v) is 3.78. The Morgan fingerprint density at radius 1 is 1.32 bits per heavy atom. The van der Waals surface area contributed by atoms with Crippen molar-refractivity contribution in [1.29, 1.82) is 0 Å². The summed E-state index contributed by atoms with van der Waals surface area (Å²) in [6, 6.07) is 9.67. The zero-order valence-corrected chi connectivity index (χ0v) is 14.4. The lowest BCUT2D eigenvalue weighted by Crippen LogP contribution is -2.28. The third-order valence-electron chi connectivity index (χ3n) is 3.00. The van der Waals surface area contributed by atoms with Crippen LogP contribution in [0.5, 0.6) is 0 Å². The number of aromatic nitrogens is 1. The van der Waals surface area contributed by atoms with Gasteiger partial charge in [0.2, 0.25) is 5.91 Å². The van der Waals surface area contributed by atoms with Crippen molar-refractivity contribution in [3.63, 3.8) is 0 Å². The molecule has 4 nitrogen and oxygen atoms in total. The second kappa shape index (κ2) is 8.19. The minimum absolute atomic E-state index is 0.0153. The van der Waals surface area contributed by atoms with Crippen molar-refractivity contribution in [2.24, 2.45) is 0 Å². The molecule has 6 heteroatoms. The molecule has 0 aliphatic heterocycles. The molecular formula is C16H20N2O2S2. The van der Waals surface area contributed by atoms with Gasteiger partial charge in [-0.05, 0) is 5.56 Å². The van der Waals surface area contributed by atoms with E-state index in [1.165, 1.54) is 0 Å². The Hall–Kier alpha value is -1.53. The summed E-state index contributed by atoms with van der Waals surface area (Å²) in [5.41, 5.74) is 1.84. The normalized spacial score (nSPS) is 12.3. The molecule has 2 rings (SSSR count). The lowest BCUT2D eigenvalue weighted by atomic mass is 10.2. The lowest BCUT2D eigenvalue weighted by Gasteiger charge is -2.05. The molecule has 0 aliphatic carbocycles. The quantitative estimate of drug-likeness (QED) is 0.846. The van der Waals surface area contributed by atoms with Gasteiger partial charge >= 0.3 is 0 Å². The summed E-state index contributed by atoms with van der Waals surface area (Å²) < 4.78 is 12.0. The number of carbonyl (C=O) groups is 1. The van der Waals surface area contributed by atoms with Crippen molar-refractivity contribution in [1.82, 2.24) is 10.3 Å². The highest BCUT2D eigenvalue weighted by Crippen LogP contribution is 2.19. The van der Waals surface area contributed by atoms with Crippen LogP contribution in [-0.2, 0) is 27.9 Å². The van der Waals surface area contributed by atoms with Crippen LogP contribution < -0.4 is 5.32 Å². The van der Waals surface area contributed by atoms with Gasteiger partial charge in [0.15, 0.2) is 0 Å². The van der Waals surface area contributed by atoms with E-state index >= 15 is 0 Å². The predicted molar refractivity (Wildman–Crippen MR) is 91.2 cm³/mol. The van der Waals surface area contributed by atoms with Crippen LogP contribution in [0.3, 0.4) is 0 Å². The van der Waals surface area contributed by atoms with Crippen LogP contribution in [0.2, 0.25) is 0 Å². The molecule has 0 fully saturated rings. The van der Waals surface area contributed by atoms with Gasteiger partial charge in [0.25, 0.3) is 0 Å². The Kier molecular flexibility index (Phi) is 6.27.